The second kappa shape index (κ2) is 4.86. The summed E-state index contributed by atoms with van der Waals surface area (Å²) in [5.41, 5.74) is 1.93. The molecule has 0 saturated carbocycles. The van der Waals surface area contributed by atoms with Crippen molar-refractivity contribution < 1.29 is 19.7 Å². The average Bonchev–Trinajstić information content (AvgIpc) is 2.17. The van der Waals surface area contributed by atoms with E-state index in [9.17, 15) is 14.9 Å². The summed E-state index contributed by atoms with van der Waals surface area (Å²) in [6.45, 7) is -0.598. The van der Waals surface area contributed by atoms with E-state index in [2.05, 4.69) is 15.3 Å². The largest absolute Gasteiger partial charge is 0.479 e. The highest BCUT2D eigenvalue weighted by molar-refractivity contribution is 5.68. The highest BCUT2D eigenvalue weighted by Gasteiger charge is 2.13. The Morgan fingerprint density at radius 1 is 1.73 bits per heavy atom. The van der Waals surface area contributed by atoms with E-state index in [0.717, 1.165) is 6.20 Å². The number of nitrogens with one attached hydrogen (secondary N) is 1. The quantitative estimate of drug-likeness (QED) is 0.537. The van der Waals surface area contributed by atoms with Crippen molar-refractivity contribution in [3.63, 3.8) is 0 Å². The van der Waals surface area contributed by atoms with E-state index >= 15 is 0 Å². The van der Waals surface area contributed by atoms with Gasteiger partial charge in [-0.15, -0.1) is 0 Å². The van der Waals surface area contributed by atoms with Crippen LogP contribution in [0, 0.1) is 10.1 Å². The van der Waals surface area contributed by atoms with E-state index in [1.54, 1.807) is 0 Å². The number of carboxylic acids is 1. The lowest BCUT2D eigenvalue weighted by atomic mass is 10.4. The monoisotopic (exact) mass is 213 g/mol. The predicted molar refractivity (Wildman–Crippen MR) is 48.1 cm³/mol. The second-order valence-electron chi connectivity index (χ2n) is 2.43. The molecular weight excluding hydrogens is 206 g/mol. The van der Waals surface area contributed by atoms with Gasteiger partial charge in [0.05, 0.1) is 4.92 Å². The number of nitrogens with zero attached hydrogens (tertiary/aromatic N) is 2. The molecule has 0 saturated heterocycles. The van der Waals surface area contributed by atoms with Crippen LogP contribution in [0.25, 0.3) is 0 Å². The highest BCUT2D eigenvalue weighted by Crippen LogP contribution is 2.21. The number of carbonyl (C=O) groups is 1. The van der Waals surface area contributed by atoms with Gasteiger partial charge in [0.15, 0.2) is 6.61 Å². The van der Waals surface area contributed by atoms with Crippen molar-refractivity contribution in [2.75, 3.05) is 12.1 Å². The molecule has 0 unspecified atom stereocenters. The summed E-state index contributed by atoms with van der Waals surface area (Å²) in [7, 11) is 0. The van der Waals surface area contributed by atoms with Crippen LogP contribution in [0.3, 0.4) is 0 Å². The van der Waals surface area contributed by atoms with Crippen LogP contribution < -0.4 is 5.48 Å². The standard InChI is InChI=1S/C7H7N3O5/c11-7(12)4-15-9-5-1-2-8-3-6(5)10(13)14/h1-3H,4H2,(H,8,9)(H,11,12). The number of aliphatic carboxylic acids is 1. The third-order valence-electron chi connectivity index (χ3n) is 1.37. The van der Waals surface area contributed by atoms with Gasteiger partial charge in [-0.1, -0.05) is 0 Å². The minimum absolute atomic E-state index is 0.0521. The van der Waals surface area contributed by atoms with Crippen LogP contribution in [0.15, 0.2) is 18.5 Å². The van der Waals surface area contributed by atoms with Crippen molar-refractivity contribution in [3.8, 4) is 0 Å². The normalized spacial score (nSPS) is 9.60. The minimum Gasteiger partial charge on any atom is -0.479 e. The first-order valence-corrected chi connectivity index (χ1v) is 3.79. The fourth-order valence-electron chi connectivity index (χ4n) is 0.793. The molecular formula is C7H7N3O5. The van der Waals surface area contributed by atoms with Gasteiger partial charge in [-0.05, 0) is 6.07 Å². The van der Waals surface area contributed by atoms with Crippen molar-refractivity contribution in [3.05, 3.63) is 28.6 Å². The Morgan fingerprint density at radius 3 is 3.07 bits per heavy atom. The maximum atomic E-state index is 10.5. The molecule has 15 heavy (non-hydrogen) atoms. The van der Waals surface area contributed by atoms with Gasteiger partial charge in [0.2, 0.25) is 0 Å². The van der Waals surface area contributed by atoms with Crippen molar-refractivity contribution in [2.24, 2.45) is 0 Å². The Morgan fingerprint density at radius 2 is 2.47 bits per heavy atom. The van der Waals surface area contributed by atoms with Crippen molar-refractivity contribution in [2.45, 2.75) is 0 Å². The van der Waals surface area contributed by atoms with Crippen molar-refractivity contribution in [1.29, 1.82) is 0 Å². The Kier molecular flexibility index (Phi) is 3.52. The predicted octanol–water partition coefficient (Wildman–Crippen LogP) is 0.418. The van der Waals surface area contributed by atoms with Crippen LogP contribution >= 0.6 is 0 Å². The van der Waals surface area contributed by atoms with Gasteiger partial charge in [0, 0.05) is 6.20 Å². The molecule has 1 aromatic heterocycles. The maximum Gasteiger partial charge on any atom is 0.332 e. The third-order valence-corrected chi connectivity index (χ3v) is 1.37. The molecule has 8 nitrogen and oxygen atoms in total. The second-order valence-corrected chi connectivity index (χ2v) is 2.43. The molecule has 1 aromatic rings. The summed E-state index contributed by atoms with van der Waals surface area (Å²) in [6, 6.07) is 1.31. The van der Waals surface area contributed by atoms with Gasteiger partial charge in [-0.2, -0.15) is 0 Å². The van der Waals surface area contributed by atoms with E-state index in [1.807, 2.05) is 0 Å². The van der Waals surface area contributed by atoms with E-state index < -0.39 is 17.5 Å². The van der Waals surface area contributed by atoms with Gasteiger partial charge in [-0.25, -0.2) is 4.79 Å². The maximum absolute atomic E-state index is 10.5. The number of pyridine rings is 1. The minimum atomic E-state index is -1.18. The number of hydrogen-bond acceptors (Lipinski definition) is 6. The van der Waals surface area contributed by atoms with Gasteiger partial charge < -0.3 is 5.11 Å². The first kappa shape index (κ1) is 10.9. The van der Waals surface area contributed by atoms with E-state index in [-0.39, 0.29) is 11.4 Å². The molecule has 0 aliphatic heterocycles. The molecule has 1 heterocycles. The summed E-state index contributed by atoms with van der Waals surface area (Å²) < 4.78 is 0. The molecule has 0 fully saturated rings. The molecule has 0 amide bonds. The molecule has 0 radical (unpaired) electrons. The Balaban J connectivity index is 2.67. The molecule has 0 aliphatic carbocycles. The molecule has 0 bridgehead atoms. The van der Waals surface area contributed by atoms with Gasteiger partial charge in [-0.3, -0.25) is 25.4 Å². The third kappa shape index (κ3) is 3.19. The molecule has 0 aromatic carbocycles. The lowest BCUT2D eigenvalue weighted by Crippen LogP contribution is -2.12. The molecule has 8 heteroatoms. The zero-order chi connectivity index (χ0) is 11.3. The summed E-state index contributed by atoms with van der Waals surface area (Å²) in [6.07, 6.45) is 2.35. The molecule has 80 valence electrons. The summed E-state index contributed by atoms with van der Waals surface area (Å²) in [5.74, 6) is -1.18. The number of hydrogen-bond donors (Lipinski definition) is 2. The van der Waals surface area contributed by atoms with Gasteiger partial charge in [0.1, 0.15) is 11.9 Å². The van der Waals surface area contributed by atoms with Crippen molar-refractivity contribution in [1.82, 2.24) is 4.98 Å². The Labute approximate surface area is 83.6 Å². The summed E-state index contributed by atoms with van der Waals surface area (Å²) >= 11 is 0. The zero-order valence-corrected chi connectivity index (χ0v) is 7.41. The van der Waals surface area contributed by atoms with Crippen LogP contribution in [-0.2, 0) is 9.63 Å². The van der Waals surface area contributed by atoms with Crippen LogP contribution in [0.2, 0.25) is 0 Å². The average molecular weight is 213 g/mol. The first-order chi connectivity index (χ1) is 7.11. The zero-order valence-electron chi connectivity index (χ0n) is 7.41. The number of nitro groups is 1. The Hall–Kier alpha value is -2.22. The summed E-state index contributed by atoms with van der Waals surface area (Å²) in [4.78, 5) is 28.0. The molecule has 0 atom stereocenters. The van der Waals surface area contributed by atoms with Gasteiger partial charge in [0.25, 0.3) is 0 Å². The fourth-order valence-corrected chi connectivity index (χ4v) is 0.793. The lowest BCUT2D eigenvalue weighted by Gasteiger charge is -2.04. The van der Waals surface area contributed by atoms with Crippen LogP contribution in [0.1, 0.15) is 0 Å². The molecule has 2 N–H and O–H groups in total. The van der Waals surface area contributed by atoms with Crippen LogP contribution in [-0.4, -0.2) is 27.6 Å². The summed E-state index contributed by atoms with van der Waals surface area (Å²) in [5, 5.41) is 18.7. The molecule has 1 rings (SSSR count). The highest BCUT2D eigenvalue weighted by atomic mass is 16.7. The van der Waals surface area contributed by atoms with Gasteiger partial charge >= 0.3 is 11.7 Å². The number of aromatic nitrogens is 1. The first-order valence-electron chi connectivity index (χ1n) is 3.79. The number of rotatable bonds is 5. The molecule has 0 spiro atoms. The van der Waals surface area contributed by atoms with E-state index in [1.165, 1.54) is 12.3 Å². The van der Waals surface area contributed by atoms with Crippen LogP contribution in [0.5, 0.6) is 0 Å². The lowest BCUT2D eigenvalue weighted by molar-refractivity contribution is -0.384. The smallest absolute Gasteiger partial charge is 0.332 e. The Bertz CT molecular complexity index is 381. The van der Waals surface area contributed by atoms with Crippen molar-refractivity contribution >= 4 is 17.3 Å². The number of carboxylic acid groups (broad SMARTS) is 1. The number of anilines is 1. The SMILES string of the molecule is O=C(O)CONc1ccncc1[N+](=O)[O-]. The van der Waals surface area contributed by atoms with E-state index in [0.29, 0.717) is 0 Å². The van der Waals surface area contributed by atoms with E-state index in [4.69, 9.17) is 5.11 Å². The topological polar surface area (TPSA) is 115 Å². The molecule has 0 aliphatic rings. The fraction of sp³-hybridized carbons (Fsp3) is 0.143. The van der Waals surface area contributed by atoms with Crippen LogP contribution in [0.4, 0.5) is 11.4 Å².